The monoisotopic (exact) mass is 1320 g/mol. The average Bonchev–Trinajstić information content (AvgIpc) is 3.61. The fourth-order valence-electron chi connectivity index (χ4n) is 9.38. The van der Waals surface area contributed by atoms with Crippen molar-refractivity contribution in [2.24, 2.45) is 0 Å². The topological polar surface area (TPSA) is 231 Å². The number of aliphatic hydroxyl groups is 2. The molecule has 0 spiro atoms. The van der Waals surface area contributed by atoms with E-state index in [0.717, 1.165) is 141 Å². The zero-order chi connectivity index (χ0) is 66.7. The van der Waals surface area contributed by atoms with Gasteiger partial charge >= 0.3 is 33.6 Å². The lowest BCUT2D eigenvalue weighted by molar-refractivity contribution is -0.161. The van der Waals surface area contributed by atoms with Crippen molar-refractivity contribution in [1.29, 1.82) is 0 Å². The molecule has 0 radical (unpaired) electrons. The number of carbonyl (C=O) groups is 3. The van der Waals surface area contributed by atoms with Gasteiger partial charge in [-0.05, 0) is 96.3 Å². The van der Waals surface area contributed by atoms with Gasteiger partial charge in [0.15, 0.2) is 6.10 Å². The van der Waals surface area contributed by atoms with Crippen molar-refractivity contribution >= 4 is 33.6 Å². The molecule has 91 heavy (non-hydrogen) atoms. The van der Waals surface area contributed by atoms with Gasteiger partial charge in [0.2, 0.25) is 0 Å². The number of allylic oxidation sites excluding steroid dienone is 16. The third-order valence-electron chi connectivity index (χ3n) is 14.8. The summed E-state index contributed by atoms with van der Waals surface area (Å²) in [5.41, 5.74) is 0. The number of unbranched alkanes of at least 4 members (excludes halogenated alkanes) is 28. The third kappa shape index (κ3) is 67.7. The highest BCUT2D eigenvalue weighted by Crippen LogP contribution is 2.45. The van der Waals surface area contributed by atoms with Crippen molar-refractivity contribution < 1.29 is 75.8 Å². The van der Waals surface area contributed by atoms with Crippen LogP contribution >= 0.6 is 15.6 Å². The van der Waals surface area contributed by atoms with Crippen molar-refractivity contribution in [2.75, 3.05) is 39.6 Å². The molecule has 526 valence electrons. The molecule has 4 N–H and O–H groups in total. The van der Waals surface area contributed by atoms with Crippen LogP contribution in [-0.4, -0.2) is 95.9 Å². The van der Waals surface area contributed by atoms with E-state index < -0.39 is 91.5 Å². The normalized spacial score (nSPS) is 14.8. The Kier molecular flexibility index (Phi) is 63.9. The molecule has 0 bridgehead atoms. The summed E-state index contributed by atoms with van der Waals surface area (Å²) in [4.78, 5) is 58.2. The van der Waals surface area contributed by atoms with Crippen LogP contribution in [0.1, 0.15) is 290 Å². The zero-order valence-corrected chi connectivity index (χ0v) is 58.8. The van der Waals surface area contributed by atoms with E-state index in [1.54, 1.807) is 0 Å². The van der Waals surface area contributed by atoms with E-state index in [-0.39, 0.29) is 19.3 Å². The van der Waals surface area contributed by atoms with Crippen LogP contribution in [0.5, 0.6) is 0 Å². The van der Waals surface area contributed by atoms with E-state index >= 15 is 0 Å². The van der Waals surface area contributed by atoms with E-state index in [0.29, 0.717) is 19.3 Å². The minimum Gasteiger partial charge on any atom is -0.463 e. The first-order valence-corrected chi connectivity index (χ1v) is 38.5. The highest BCUT2D eigenvalue weighted by atomic mass is 31.2. The molecule has 0 aromatic heterocycles. The van der Waals surface area contributed by atoms with E-state index in [1.807, 2.05) is 0 Å². The summed E-state index contributed by atoms with van der Waals surface area (Å²) >= 11 is 0. The average molecular weight is 1320 g/mol. The Hall–Kier alpha value is -3.53. The predicted octanol–water partition coefficient (Wildman–Crippen LogP) is 19.9. The first-order chi connectivity index (χ1) is 44.2. The van der Waals surface area contributed by atoms with E-state index in [9.17, 15) is 43.5 Å². The van der Waals surface area contributed by atoms with Gasteiger partial charge in [-0.2, -0.15) is 0 Å². The summed E-state index contributed by atoms with van der Waals surface area (Å²) in [5.74, 6) is -1.59. The molecule has 0 aliphatic heterocycles. The van der Waals surface area contributed by atoms with Crippen molar-refractivity contribution in [3.63, 3.8) is 0 Å². The molecule has 5 unspecified atom stereocenters. The molecule has 0 saturated carbocycles. The van der Waals surface area contributed by atoms with Gasteiger partial charge in [-0.3, -0.25) is 32.5 Å². The second kappa shape index (κ2) is 66.5. The SMILES string of the molecule is CC/C=C\C/C=C\C/C=C\C/C=C\C/C=C\C/C=C\CCCCCCCCCCCCCCC(=O)OCC(O)COP(=O)(O)OCC(O)COP(=O)(O)OCC(COC(=O)CCCCCCC/C=C\C/C=C\CCC)OC(=O)CCCCCCCCCCCCC. The Bertz CT molecular complexity index is 2050. The maximum absolute atomic E-state index is 12.8. The minimum atomic E-state index is -4.92. The molecule has 0 rings (SSSR count). The van der Waals surface area contributed by atoms with E-state index in [4.69, 9.17) is 32.3 Å². The Morgan fingerprint density at radius 1 is 0.319 bits per heavy atom. The number of phosphoric acid groups is 2. The van der Waals surface area contributed by atoms with Crippen molar-refractivity contribution in [2.45, 2.75) is 309 Å². The molecule has 5 atom stereocenters. The summed E-state index contributed by atoms with van der Waals surface area (Å²) in [6.45, 7) is 2.47. The zero-order valence-electron chi connectivity index (χ0n) is 57.0. The van der Waals surface area contributed by atoms with Crippen molar-refractivity contribution in [3.8, 4) is 0 Å². The fourth-order valence-corrected chi connectivity index (χ4v) is 11.0. The third-order valence-corrected chi connectivity index (χ3v) is 16.7. The first-order valence-electron chi connectivity index (χ1n) is 35.5. The smallest absolute Gasteiger partial charge is 0.463 e. The van der Waals surface area contributed by atoms with Gasteiger partial charge in [0.05, 0.1) is 26.4 Å². The van der Waals surface area contributed by atoms with Gasteiger partial charge in [-0.1, -0.05) is 272 Å². The molecule has 0 amide bonds. The first kappa shape index (κ1) is 87.5. The lowest BCUT2D eigenvalue weighted by Crippen LogP contribution is -2.30. The summed E-state index contributed by atoms with van der Waals surface area (Å²) in [6.07, 6.45) is 73.4. The summed E-state index contributed by atoms with van der Waals surface area (Å²) in [5, 5.41) is 20.5. The maximum Gasteiger partial charge on any atom is 0.472 e. The number of phosphoric ester groups is 2. The van der Waals surface area contributed by atoms with Crippen molar-refractivity contribution in [3.05, 3.63) is 97.2 Å². The number of ether oxygens (including phenoxy) is 3. The molecule has 0 fully saturated rings. The van der Waals surface area contributed by atoms with Crippen LogP contribution in [0.4, 0.5) is 0 Å². The molecule has 0 aliphatic rings. The van der Waals surface area contributed by atoms with Gasteiger partial charge in [-0.15, -0.1) is 0 Å². The second-order valence-corrected chi connectivity index (χ2v) is 26.6. The Balaban J connectivity index is 4.36. The molecule has 0 saturated heterocycles. The Morgan fingerprint density at radius 2 is 0.604 bits per heavy atom. The summed E-state index contributed by atoms with van der Waals surface area (Å²) < 4.78 is 60.8. The van der Waals surface area contributed by atoms with Crippen LogP contribution in [0.25, 0.3) is 0 Å². The maximum atomic E-state index is 12.8. The van der Waals surface area contributed by atoms with Crippen LogP contribution in [0.15, 0.2) is 97.2 Å². The van der Waals surface area contributed by atoms with E-state index in [2.05, 4.69) is 118 Å². The van der Waals surface area contributed by atoms with Crippen LogP contribution in [0, 0.1) is 0 Å². The van der Waals surface area contributed by atoms with Gasteiger partial charge in [0.1, 0.15) is 25.4 Å². The van der Waals surface area contributed by atoms with Crippen molar-refractivity contribution in [1.82, 2.24) is 0 Å². The Labute approximate surface area is 552 Å². The molecule has 0 heterocycles. The van der Waals surface area contributed by atoms with Crippen LogP contribution in [-0.2, 0) is 55.8 Å². The molecule has 16 nitrogen and oxygen atoms in total. The quantitative estimate of drug-likeness (QED) is 0.0146. The number of carbonyl (C=O) groups excluding carboxylic acids is 3. The van der Waals surface area contributed by atoms with Gasteiger partial charge in [-0.25, -0.2) is 9.13 Å². The molecule has 18 heteroatoms. The molecule has 0 aromatic carbocycles. The minimum absolute atomic E-state index is 0.105. The summed E-state index contributed by atoms with van der Waals surface area (Å²) in [7, 11) is -9.76. The van der Waals surface area contributed by atoms with E-state index in [1.165, 1.54) is 89.9 Å². The second-order valence-electron chi connectivity index (χ2n) is 23.7. The lowest BCUT2D eigenvalue weighted by Gasteiger charge is -2.21. The van der Waals surface area contributed by atoms with Crippen LogP contribution < -0.4 is 0 Å². The van der Waals surface area contributed by atoms with Gasteiger partial charge < -0.3 is 34.2 Å². The lowest BCUT2D eigenvalue weighted by atomic mass is 10.0. The van der Waals surface area contributed by atoms with Gasteiger partial charge in [0, 0.05) is 19.3 Å². The molecule has 0 aromatic rings. The predicted molar refractivity (Wildman–Crippen MR) is 371 cm³/mol. The summed E-state index contributed by atoms with van der Waals surface area (Å²) in [6, 6.07) is 0. The molecular formula is C73H128O16P2. The van der Waals surface area contributed by atoms with Crippen LogP contribution in [0.2, 0.25) is 0 Å². The number of hydrogen-bond donors (Lipinski definition) is 4. The number of rotatable bonds is 67. The number of esters is 3. The number of aliphatic hydroxyl groups excluding tert-OH is 2. The molecular weight excluding hydrogens is 1190 g/mol. The largest absolute Gasteiger partial charge is 0.472 e. The fraction of sp³-hybridized carbons (Fsp3) is 0.740. The van der Waals surface area contributed by atoms with Crippen LogP contribution in [0.3, 0.4) is 0 Å². The Morgan fingerprint density at radius 3 is 0.967 bits per heavy atom. The molecule has 0 aliphatic carbocycles. The highest BCUT2D eigenvalue weighted by Gasteiger charge is 2.29. The standard InChI is InChI=1S/C73H128O16P2/c1-4-7-10-13-16-19-22-24-25-26-27-28-29-30-31-32-33-34-35-36-37-38-39-40-41-43-46-47-50-53-56-59-71(76)83-62-68(74)63-85-90(79,80)86-64-69(75)65-87-91(81,82)88-67-70(89-73(78)61-58-55-52-49-44-21-18-15-12-9-6-3)66-84-72(77)60-57-54-51-48-45-42-23-20-17-14-11-8-5-2/h7,10-11,14,16,19-20,23-25,27-28,30-31,33-34,68-70,74-75H,4-6,8-9,12-13,15,17-18,21-22,26,29,32,35-67H2,1-3H3,(H,79,80)(H,81,82)/b10-7-,14-11-,19-16-,23-20-,25-24-,28-27-,31-30-,34-33-. The highest BCUT2D eigenvalue weighted by molar-refractivity contribution is 7.47. The number of hydrogen-bond acceptors (Lipinski definition) is 14. The van der Waals surface area contributed by atoms with Gasteiger partial charge in [0.25, 0.3) is 0 Å².